The second kappa shape index (κ2) is 10.9. The standard InChI is InChI=1S/C26H25N3O4S2/c1-3-33-21-12-11-18(14-17(21)2)24-19(16-29(27-24)20-8-5-4-6-9-20)15-22-25(32)28(26(34)35-22)13-7-10-23(30)31/h4-6,8-9,11-12,14-16H,3,7,10,13H2,1-2H3,(H,30,31)/b22-15+. The maximum atomic E-state index is 13.0. The minimum atomic E-state index is -0.894. The van der Waals surface area contributed by atoms with Crippen LogP contribution in [-0.4, -0.2) is 49.1 Å². The number of carbonyl (C=O) groups is 2. The van der Waals surface area contributed by atoms with E-state index in [1.807, 2.05) is 74.7 Å². The molecule has 0 unspecified atom stereocenters. The van der Waals surface area contributed by atoms with E-state index < -0.39 is 5.97 Å². The number of aliphatic carboxylic acids is 1. The summed E-state index contributed by atoms with van der Waals surface area (Å²) in [5.74, 6) is -0.288. The van der Waals surface area contributed by atoms with Gasteiger partial charge in [0.2, 0.25) is 0 Å². The highest BCUT2D eigenvalue weighted by Gasteiger charge is 2.32. The Labute approximate surface area is 213 Å². The molecule has 4 rings (SSSR count). The highest BCUT2D eigenvalue weighted by atomic mass is 32.2. The molecule has 9 heteroatoms. The van der Waals surface area contributed by atoms with Gasteiger partial charge in [-0.15, -0.1) is 0 Å². The zero-order valence-electron chi connectivity index (χ0n) is 19.4. The van der Waals surface area contributed by atoms with Crippen LogP contribution in [0.15, 0.2) is 59.6 Å². The van der Waals surface area contributed by atoms with Gasteiger partial charge in [0.15, 0.2) is 0 Å². The lowest BCUT2D eigenvalue weighted by atomic mass is 10.0. The third-order valence-electron chi connectivity index (χ3n) is 5.44. The van der Waals surface area contributed by atoms with E-state index in [0.717, 1.165) is 33.8 Å². The predicted octanol–water partition coefficient (Wildman–Crippen LogP) is 5.31. The van der Waals surface area contributed by atoms with Crippen molar-refractivity contribution in [3.05, 3.63) is 70.8 Å². The number of carboxylic acid groups (broad SMARTS) is 1. The molecule has 1 aromatic heterocycles. The average Bonchev–Trinajstić information content (AvgIpc) is 3.37. The minimum absolute atomic E-state index is 0.0127. The lowest BCUT2D eigenvalue weighted by molar-refractivity contribution is -0.137. The first-order valence-corrected chi connectivity index (χ1v) is 12.5. The van der Waals surface area contributed by atoms with Gasteiger partial charge in [0.1, 0.15) is 15.8 Å². The number of para-hydroxylation sites is 1. The predicted molar refractivity (Wildman–Crippen MR) is 142 cm³/mol. The number of aromatic nitrogens is 2. The molecule has 1 fully saturated rings. The number of thiocarbonyl (C=S) groups is 1. The Morgan fingerprint density at radius 2 is 2.00 bits per heavy atom. The molecule has 2 aromatic carbocycles. The van der Waals surface area contributed by atoms with E-state index in [1.54, 1.807) is 4.68 Å². The van der Waals surface area contributed by atoms with Crippen LogP contribution in [0.2, 0.25) is 0 Å². The van der Waals surface area contributed by atoms with E-state index >= 15 is 0 Å². The Kier molecular flexibility index (Phi) is 7.67. The maximum absolute atomic E-state index is 13.0. The normalized spacial score (nSPS) is 14.7. The first-order chi connectivity index (χ1) is 16.9. The van der Waals surface area contributed by atoms with E-state index in [-0.39, 0.29) is 18.9 Å². The molecule has 1 aliphatic rings. The Hall–Kier alpha value is -3.43. The van der Waals surface area contributed by atoms with Gasteiger partial charge in [-0.2, -0.15) is 5.10 Å². The SMILES string of the molecule is CCOc1ccc(-c2nn(-c3ccccc3)cc2/C=C2/SC(=S)N(CCCC(=O)O)C2=O)cc1C. The summed E-state index contributed by atoms with van der Waals surface area (Å²) >= 11 is 6.62. The van der Waals surface area contributed by atoms with Crippen molar-refractivity contribution in [2.75, 3.05) is 13.2 Å². The molecule has 1 amide bonds. The number of hydrogen-bond donors (Lipinski definition) is 1. The van der Waals surface area contributed by atoms with Crippen LogP contribution in [0.4, 0.5) is 0 Å². The van der Waals surface area contributed by atoms with Crippen LogP contribution < -0.4 is 4.74 Å². The summed E-state index contributed by atoms with van der Waals surface area (Å²) in [4.78, 5) is 25.9. The summed E-state index contributed by atoms with van der Waals surface area (Å²) in [6.45, 7) is 4.81. The largest absolute Gasteiger partial charge is 0.494 e. The summed E-state index contributed by atoms with van der Waals surface area (Å²) in [5, 5.41) is 13.7. The zero-order chi connectivity index (χ0) is 24.9. The molecule has 0 bridgehead atoms. The Morgan fingerprint density at radius 1 is 1.23 bits per heavy atom. The zero-order valence-corrected chi connectivity index (χ0v) is 21.1. The Bertz CT molecular complexity index is 1300. The second-order valence-corrected chi connectivity index (χ2v) is 9.63. The molecule has 0 atom stereocenters. The third-order valence-corrected chi connectivity index (χ3v) is 6.82. The van der Waals surface area contributed by atoms with Crippen molar-refractivity contribution in [2.24, 2.45) is 0 Å². The van der Waals surface area contributed by atoms with E-state index in [9.17, 15) is 9.59 Å². The van der Waals surface area contributed by atoms with Gasteiger partial charge in [0.25, 0.3) is 5.91 Å². The molecule has 1 saturated heterocycles. The number of benzene rings is 2. The third kappa shape index (κ3) is 5.63. The fraction of sp³-hybridized carbons (Fsp3) is 0.231. The van der Waals surface area contributed by atoms with Crippen molar-refractivity contribution < 1.29 is 19.4 Å². The van der Waals surface area contributed by atoms with Gasteiger partial charge in [-0.1, -0.05) is 42.2 Å². The molecule has 0 radical (unpaired) electrons. The molecule has 0 saturated carbocycles. The van der Waals surface area contributed by atoms with Crippen LogP contribution in [0, 0.1) is 6.92 Å². The molecule has 3 aromatic rings. The van der Waals surface area contributed by atoms with E-state index in [0.29, 0.717) is 22.3 Å². The number of rotatable bonds is 9. The number of ether oxygens (including phenoxy) is 1. The topological polar surface area (TPSA) is 84.7 Å². The Balaban J connectivity index is 1.71. The highest BCUT2D eigenvalue weighted by molar-refractivity contribution is 8.26. The molecule has 0 spiro atoms. The summed E-state index contributed by atoms with van der Waals surface area (Å²) in [6, 6.07) is 15.7. The number of thioether (sulfide) groups is 1. The highest BCUT2D eigenvalue weighted by Crippen LogP contribution is 2.35. The molecule has 35 heavy (non-hydrogen) atoms. The molecule has 2 heterocycles. The smallest absolute Gasteiger partial charge is 0.303 e. The van der Waals surface area contributed by atoms with Gasteiger partial charge in [-0.25, -0.2) is 4.68 Å². The fourth-order valence-electron chi connectivity index (χ4n) is 3.77. The van der Waals surface area contributed by atoms with Crippen molar-refractivity contribution in [3.63, 3.8) is 0 Å². The number of amides is 1. The van der Waals surface area contributed by atoms with Crippen LogP contribution in [0.1, 0.15) is 30.9 Å². The number of hydrogen-bond acceptors (Lipinski definition) is 6. The van der Waals surface area contributed by atoms with Crippen LogP contribution in [-0.2, 0) is 9.59 Å². The quantitative estimate of drug-likeness (QED) is 0.310. The monoisotopic (exact) mass is 507 g/mol. The summed E-state index contributed by atoms with van der Waals surface area (Å²) in [5.41, 5.74) is 4.31. The van der Waals surface area contributed by atoms with Gasteiger partial charge < -0.3 is 9.84 Å². The van der Waals surface area contributed by atoms with Gasteiger partial charge >= 0.3 is 5.97 Å². The second-order valence-electron chi connectivity index (χ2n) is 7.96. The lowest BCUT2D eigenvalue weighted by Gasteiger charge is -2.13. The molecule has 1 N–H and O–H groups in total. The first kappa shape index (κ1) is 24.7. The maximum Gasteiger partial charge on any atom is 0.303 e. The van der Waals surface area contributed by atoms with Crippen LogP contribution in [0.3, 0.4) is 0 Å². The Morgan fingerprint density at radius 3 is 2.69 bits per heavy atom. The lowest BCUT2D eigenvalue weighted by Crippen LogP contribution is -2.29. The van der Waals surface area contributed by atoms with Crippen LogP contribution in [0.25, 0.3) is 23.0 Å². The van der Waals surface area contributed by atoms with Crippen LogP contribution >= 0.6 is 24.0 Å². The van der Waals surface area contributed by atoms with Gasteiger partial charge in [-0.3, -0.25) is 14.5 Å². The molecule has 7 nitrogen and oxygen atoms in total. The number of nitrogens with zero attached hydrogens (tertiary/aromatic N) is 3. The van der Waals surface area contributed by atoms with Crippen molar-refractivity contribution >= 4 is 46.3 Å². The number of aryl methyl sites for hydroxylation is 1. The van der Waals surface area contributed by atoms with Gasteiger partial charge in [0, 0.05) is 30.3 Å². The number of carboxylic acids is 1. The van der Waals surface area contributed by atoms with Crippen molar-refractivity contribution in [3.8, 4) is 22.7 Å². The van der Waals surface area contributed by atoms with Gasteiger partial charge in [0.05, 0.1) is 17.2 Å². The summed E-state index contributed by atoms with van der Waals surface area (Å²) in [7, 11) is 0. The van der Waals surface area contributed by atoms with Crippen molar-refractivity contribution in [2.45, 2.75) is 26.7 Å². The number of carbonyl (C=O) groups excluding carboxylic acids is 1. The minimum Gasteiger partial charge on any atom is -0.494 e. The first-order valence-electron chi connectivity index (χ1n) is 11.2. The van der Waals surface area contributed by atoms with Crippen LogP contribution in [0.5, 0.6) is 5.75 Å². The van der Waals surface area contributed by atoms with E-state index in [4.69, 9.17) is 27.2 Å². The van der Waals surface area contributed by atoms with E-state index in [2.05, 4.69) is 0 Å². The summed E-state index contributed by atoms with van der Waals surface area (Å²) in [6.07, 6.45) is 4.04. The van der Waals surface area contributed by atoms with Gasteiger partial charge in [-0.05, 0) is 62.2 Å². The average molecular weight is 508 g/mol. The molecular formula is C26H25N3O4S2. The van der Waals surface area contributed by atoms with E-state index in [1.165, 1.54) is 16.7 Å². The molecule has 1 aliphatic heterocycles. The fourth-order valence-corrected chi connectivity index (χ4v) is 5.07. The molecular weight excluding hydrogens is 482 g/mol. The summed E-state index contributed by atoms with van der Waals surface area (Å²) < 4.78 is 7.91. The van der Waals surface area contributed by atoms with Crippen molar-refractivity contribution in [1.29, 1.82) is 0 Å². The van der Waals surface area contributed by atoms with Crippen molar-refractivity contribution in [1.82, 2.24) is 14.7 Å². The molecule has 0 aliphatic carbocycles. The molecule has 180 valence electrons.